The van der Waals surface area contributed by atoms with Crippen molar-refractivity contribution in [3.05, 3.63) is 0 Å². The van der Waals surface area contributed by atoms with Gasteiger partial charge in [-0.2, -0.15) is 11.8 Å². The summed E-state index contributed by atoms with van der Waals surface area (Å²) in [5.41, 5.74) is 0. The monoisotopic (exact) mass is 294 g/mol. The Hall–Kier alpha value is 0.220. The molecule has 1 aliphatic heterocycles. The smallest absolute Gasteiger partial charge is 0.164 e. The van der Waals surface area contributed by atoms with Crippen LogP contribution in [0.2, 0.25) is 0 Å². The van der Waals surface area contributed by atoms with E-state index in [0.717, 1.165) is 25.4 Å². The number of rotatable bonds is 7. The molecule has 0 aromatic rings. The fourth-order valence-electron chi connectivity index (χ4n) is 2.20. The molecule has 1 aliphatic rings. The number of nitrogens with zero attached hydrogens (tertiary/aromatic N) is 1. The lowest BCUT2D eigenvalue weighted by Crippen LogP contribution is -2.53. The Morgan fingerprint density at radius 3 is 2.83 bits per heavy atom. The van der Waals surface area contributed by atoms with Crippen LogP contribution in [0.25, 0.3) is 0 Å². The highest BCUT2D eigenvalue weighted by Gasteiger charge is 2.33. The highest BCUT2D eigenvalue weighted by atomic mass is 32.2. The molecule has 0 saturated carbocycles. The fourth-order valence-corrected chi connectivity index (χ4v) is 5.18. The highest BCUT2D eigenvalue weighted by Crippen LogP contribution is 2.22. The van der Waals surface area contributed by atoms with Gasteiger partial charge in [0.1, 0.15) is 5.37 Å². The Morgan fingerprint density at radius 1 is 1.50 bits per heavy atom. The van der Waals surface area contributed by atoms with Crippen LogP contribution in [-0.2, 0) is 9.84 Å². The van der Waals surface area contributed by atoms with Crippen LogP contribution in [0.15, 0.2) is 0 Å². The molecule has 6 heteroatoms. The molecule has 1 rings (SSSR count). The molecule has 1 N–H and O–H groups in total. The largest absolute Gasteiger partial charge is 0.315 e. The Balaban J connectivity index is 2.50. The maximum absolute atomic E-state index is 11.8. The molecule has 0 bridgehead atoms. The Bertz CT molecular complexity index is 333. The van der Waals surface area contributed by atoms with Gasteiger partial charge in [-0.1, -0.05) is 13.3 Å². The minimum Gasteiger partial charge on any atom is -0.315 e. The van der Waals surface area contributed by atoms with Crippen LogP contribution >= 0.6 is 11.8 Å². The van der Waals surface area contributed by atoms with Crippen molar-refractivity contribution in [2.45, 2.75) is 38.1 Å². The molecule has 0 aliphatic carbocycles. The predicted molar refractivity (Wildman–Crippen MR) is 79.9 cm³/mol. The number of nitrogens with one attached hydrogen (secondary N) is 1. The van der Waals surface area contributed by atoms with Crippen LogP contribution in [-0.4, -0.2) is 62.1 Å². The molecule has 1 fully saturated rings. The van der Waals surface area contributed by atoms with Crippen molar-refractivity contribution in [3.8, 4) is 0 Å². The molecule has 1 heterocycles. The van der Waals surface area contributed by atoms with E-state index < -0.39 is 9.84 Å². The van der Waals surface area contributed by atoms with Crippen molar-refractivity contribution in [1.82, 2.24) is 10.2 Å². The summed E-state index contributed by atoms with van der Waals surface area (Å²) in [6, 6.07) is 0.280. The van der Waals surface area contributed by atoms with E-state index in [1.165, 1.54) is 19.1 Å². The maximum atomic E-state index is 11.8. The number of thioether (sulfide) groups is 1. The number of unbranched alkanes of at least 4 members (excludes halogenated alkanes) is 1. The van der Waals surface area contributed by atoms with Gasteiger partial charge in [0.05, 0.1) is 0 Å². The van der Waals surface area contributed by atoms with E-state index in [0.29, 0.717) is 5.75 Å². The van der Waals surface area contributed by atoms with Gasteiger partial charge in [-0.3, -0.25) is 4.90 Å². The fraction of sp³-hybridized carbons (Fsp3) is 1.00. The molecular formula is C12H26N2O2S2. The van der Waals surface area contributed by atoms with Gasteiger partial charge in [0.15, 0.2) is 9.84 Å². The lowest BCUT2D eigenvalue weighted by molar-refractivity contribution is 0.200. The topological polar surface area (TPSA) is 49.4 Å². The van der Waals surface area contributed by atoms with Gasteiger partial charge in [0.2, 0.25) is 0 Å². The Labute approximate surface area is 116 Å². The van der Waals surface area contributed by atoms with E-state index in [2.05, 4.69) is 24.1 Å². The first kappa shape index (κ1) is 16.3. The zero-order valence-corrected chi connectivity index (χ0v) is 13.3. The van der Waals surface area contributed by atoms with Crippen molar-refractivity contribution in [2.24, 2.45) is 0 Å². The lowest BCUT2D eigenvalue weighted by atomic mass is 10.2. The maximum Gasteiger partial charge on any atom is 0.164 e. The first-order valence-electron chi connectivity index (χ1n) is 6.70. The lowest BCUT2D eigenvalue weighted by Gasteiger charge is -2.38. The molecule has 0 spiro atoms. The van der Waals surface area contributed by atoms with Gasteiger partial charge in [0.25, 0.3) is 0 Å². The number of hydrogen-bond acceptors (Lipinski definition) is 5. The van der Waals surface area contributed by atoms with Crippen molar-refractivity contribution < 1.29 is 8.42 Å². The quantitative estimate of drug-likeness (QED) is 0.715. The van der Waals surface area contributed by atoms with Gasteiger partial charge in [-0.05, 0) is 19.9 Å². The summed E-state index contributed by atoms with van der Waals surface area (Å²) >= 11 is 1.74. The summed E-state index contributed by atoms with van der Waals surface area (Å²) in [5.74, 6) is 1.74. The van der Waals surface area contributed by atoms with Gasteiger partial charge in [-0.15, -0.1) is 0 Å². The van der Waals surface area contributed by atoms with Crippen LogP contribution in [0.1, 0.15) is 26.7 Å². The second-order valence-electron chi connectivity index (χ2n) is 5.00. The van der Waals surface area contributed by atoms with Crippen molar-refractivity contribution in [3.63, 3.8) is 0 Å². The molecule has 2 unspecified atom stereocenters. The molecule has 0 aromatic carbocycles. The number of sulfone groups is 1. The van der Waals surface area contributed by atoms with Gasteiger partial charge in [-0.25, -0.2) is 8.42 Å². The molecule has 18 heavy (non-hydrogen) atoms. The molecule has 4 nitrogen and oxygen atoms in total. The van der Waals surface area contributed by atoms with Gasteiger partial charge >= 0.3 is 0 Å². The van der Waals surface area contributed by atoms with E-state index in [1.807, 2.05) is 0 Å². The third-order valence-corrected chi connectivity index (χ3v) is 5.99. The predicted octanol–water partition coefficient (Wildman–Crippen LogP) is 1.18. The molecule has 0 amide bonds. The second kappa shape index (κ2) is 7.72. The molecular weight excluding hydrogens is 268 g/mol. The van der Waals surface area contributed by atoms with Crippen LogP contribution in [0.4, 0.5) is 0 Å². The Kier molecular flexibility index (Phi) is 6.98. The van der Waals surface area contributed by atoms with E-state index in [4.69, 9.17) is 0 Å². The third kappa shape index (κ3) is 5.07. The zero-order valence-electron chi connectivity index (χ0n) is 11.7. The third-order valence-electron chi connectivity index (χ3n) is 3.33. The normalized spacial score (nSPS) is 24.1. The molecule has 1 saturated heterocycles. The Morgan fingerprint density at radius 2 is 2.22 bits per heavy atom. The first-order chi connectivity index (χ1) is 8.46. The minimum absolute atomic E-state index is 0.280. The standard InChI is InChI=1S/C12H26N2O2S2/c1-4-5-6-13-9-11(2)14-7-8-17-10-12(14)18(3,15)16/h11-13H,4-10H2,1-3H3. The van der Waals surface area contributed by atoms with Crippen LogP contribution in [0.3, 0.4) is 0 Å². The van der Waals surface area contributed by atoms with E-state index >= 15 is 0 Å². The summed E-state index contributed by atoms with van der Waals surface area (Å²) in [7, 11) is -2.98. The number of hydrogen-bond donors (Lipinski definition) is 1. The summed E-state index contributed by atoms with van der Waals surface area (Å²) < 4.78 is 23.6. The van der Waals surface area contributed by atoms with Crippen molar-refractivity contribution in [1.29, 1.82) is 0 Å². The highest BCUT2D eigenvalue weighted by molar-refractivity contribution is 8.00. The van der Waals surface area contributed by atoms with E-state index in [-0.39, 0.29) is 11.4 Å². The average Bonchev–Trinajstić information content (AvgIpc) is 2.33. The minimum atomic E-state index is -2.98. The molecule has 108 valence electrons. The summed E-state index contributed by atoms with van der Waals surface area (Å²) in [6.07, 6.45) is 3.72. The zero-order chi connectivity index (χ0) is 13.6. The van der Waals surface area contributed by atoms with E-state index in [1.54, 1.807) is 11.8 Å². The van der Waals surface area contributed by atoms with Crippen molar-refractivity contribution in [2.75, 3.05) is 37.4 Å². The van der Waals surface area contributed by atoms with Crippen LogP contribution in [0.5, 0.6) is 0 Å². The summed E-state index contributed by atoms with van der Waals surface area (Å²) in [6.45, 7) is 7.06. The second-order valence-corrected chi connectivity index (χ2v) is 8.36. The van der Waals surface area contributed by atoms with E-state index in [9.17, 15) is 8.42 Å². The van der Waals surface area contributed by atoms with Gasteiger partial charge < -0.3 is 5.32 Å². The van der Waals surface area contributed by atoms with Crippen LogP contribution < -0.4 is 5.32 Å². The molecule has 2 atom stereocenters. The van der Waals surface area contributed by atoms with Crippen LogP contribution in [0, 0.1) is 0 Å². The first-order valence-corrected chi connectivity index (χ1v) is 9.80. The molecule has 0 aromatic heterocycles. The average molecular weight is 294 g/mol. The van der Waals surface area contributed by atoms with Crippen molar-refractivity contribution >= 4 is 21.6 Å². The summed E-state index contributed by atoms with van der Waals surface area (Å²) in [4.78, 5) is 2.14. The summed E-state index contributed by atoms with van der Waals surface area (Å²) in [5, 5.41) is 3.11. The molecule has 0 radical (unpaired) electrons. The van der Waals surface area contributed by atoms with Gasteiger partial charge in [0, 0.05) is 36.9 Å². The SMILES string of the molecule is CCCCNCC(C)N1CCSCC1S(C)(=O)=O.